The molecule has 0 bridgehead atoms. The van der Waals surface area contributed by atoms with Crippen molar-refractivity contribution in [2.45, 2.75) is 27.7 Å². The molecule has 0 aliphatic carbocycles. The number of benzene rings is 2. The van der Waals surface area contributed by atoms with Crippen LogP contribution in [0.1, 0.15) is 25.1 Å². The molecule has 0 atom stereocenters. The van der Waals surface area contributed by atoms with Gasteiger partial charge in [-0.1, -0.05) is 19.9 Å². The molecular weight excluding hydrogens is 329 g/mol. The summed E-state index contributed by atoms with van der Waals surface area (Å²) in [5, 5.41) is 2.68. The van der Waals surface area contributed by atoms with E-state index >= 15 is 0 Å². The maximum Gasteiger partial charge on any atom is 0.258 e. The smallest absolute Gasteiger partial charge is 0.258 e. The van der Waals surface area contributed by atoms with Gasteiger partial charge in [-0.2, -0.15) is 0 Å². The van der Waals surface area contributed by atoms with Crippen LogP contribution in [-0.2, 0) is 0 Å². The highest BCUT2D eigenvalue weighted by Gasteiger charge is 2.18. The number of hydrogen-bond donors (Lipinski definition) is 2. The lowest BCUT2D eigenvalue weighted by Crippen LogP contribution is -2.12. The van der Waals surface area contributed by atoms with Gasteiger partial charge in [-0.15, -0.1) is 0 Å². The summed E-state index contributed by atoms with van der Waals surface area (Å²) in [6.45, 7) is 7.34. The molecule has 0 unspecified atom stereocenters. The summed E-state index contributed by atoms with van der Waals surface area (Å²) in [6.07, 6.45) is 0. The van der Waals surface area contributed by atoms with E-state index in [0.29, 0.717) is 11.3 Å². The monoisotopic (exact) mass is 348 g/mol. The normalized spacial score (nSPS) is 10.4. The second-order valence-corrected chi connectivity index (χ2v) is 5.40. The van der Waals surface area contributed by atoms with E-state index in [4.69, 9.17) is 0 Å². The maximum absolute atomic E-state index is 14.2. The molecule has 3 rings (SSSR count). The van der Waals surface area contributed by atoms with E-state index < -0.39 is 23.0 Å². The molecule has 0 saturated carbocycles. The second kappa shape index (κ2) is 7.42. The number of H-pyrrole nitrogens is 1. The van der Waals surface area contributed by atoms with Crippen LogP contribution >= 0.6 is 0 Å². The van der Waals surface area contributed by atoms with Crippen LogP contribution in [0.4, 0.5) is 24.5 Å². The maximum atomic E-state index is 14.2. The molecule has 0 saturated heterocycles. The van der Waals surface area contributed by atoms with Crippen molar-refractivity contribution in [1.82, 2.24) is 4.98 Å². The standard InChI is InChI=1S/C17H13F3N2O.C2H6/c1-8-3-4-13(11(18)5-8)22-16-14-10(7-12(19)15(16)20)6-9(2)21-17(14)23;1-2/h3-7,22H,1-2H3,(H,21,23);1-2H3. The van der Waals surface area contributed by atoms with Gasteiger partial charge in [0.25, 0.3) is 5.56 Å². The van der Waals surface area contributed by atoms with Crippen LogP contribution in [0.2, 0.25) is 0 Å². The number of aromatic nitrogens is 1. The van der Waals surface area contributed by atoms with Crippen molar-refractivity contribution in [2.24, 2.45) is 0 Å². The fraction of sp³-hybridized carbons (Fsp3) is 0.211. The topological polar surface area (TPSA) is 44.9 Å². The Hall–Kier alpha value is -2.76. The second-order valence-electron chi connectivity index (χ2n) is 5.40. The number of anilines is 2. The molecule has 6 heteroatoms. The van der Waals surface area contributed by atoms with Crippen molar-refractivity contribution in [3.05, 3.63) is 69.4 Å². The van der Waals surface area contributed by atoms with E-state index in [2.05, 4.69) is 10.3 Å². The molecule has 0 aliphatic rings. The Morgan fingerprint density at radius 3 is 2.28 bits per heavy atom. The molecule has 3 nitrogen and oxygen atoms in total. The van der Waals surface area contributed by atoms with E-state index in [9.17, 15) is 18.0 Å². The van der Waals surface area contributed by atoms with Gasteiger partial charge in [-0.25, -0.2) is 13.2 Å². The Bertz CT molecular complexity index is 981. The third-order valence-electron chi connectivity index (χ3n) is 3.54. The molecule has 0 fully saturated rings. The van der Waals surface area contributed by atoms with Gasteiger partial charge in [0.05, 0.1) is 16.8 Å². The van der Waals surface area contributed by atoms with Gasteiger partial charge in [0.2, 0.25) is 0 Å². The summed E-state index contributed by atoms with van der Waals surface area (Å²) in [7, 11) is 0. The molecule has 3 aromatic rings. The molecule has 2 N–H and O–H groups in total. The fourth-order valence-electron chi connectivity index (χ4n) is 2.49. The number of aryl methyl sites for hydroxylation is 2. The molecule has 25 heavy (non-hydrogen) atoms. The zero-order chi connectivity index (χ0) is 18.7. The van der Waals surface area contributed by atoms with Crippen LogP contribution in [0, 0.1) is 31.3 Å². The van der Waals surface area contributed by atoms with Gasteiger partial charge >= 0.3 is 0 Å². The predicted octanol–water partition coefficient (Wildman–Crippen LogP) is 5.33. The molecular formula is C19H19F3N2O. The Morgan fingerprint density at radius 1 is 0.960 bits per heavy atom. The first-order chi connectivity index (χ1) is 11.9. The summed E-state index contributed by atoms with van der Waals surface area (Å²) in [6, 6.07) is 6.76. The van der Waals surface area contributed by atoms with Crippen molar-refractivity contribution in [3.8, 4) is 0 Å². The minimum absolute atomic E-state index is 0.0404. The van der Waals surface area contributed by atoms with E-state index in [1.54, 1.807) is 19.9 Å². The largest absolute Gasteiger partial charge is 0.350 e. The Balaban J connectivity index is 0.00000109. The summed E-state index contributed by atoms with van der Waals surface area (Å²) in [4.78, 5) is 14.7. The molecule has 0 aliphatic heterocycles. The summed E-state index contributed by atoms with van der Waals surface area (Å²) < 4.78 is 42.0. The first-order valence-corrected chi connectivity index (χ1v) is 7.91. The van der Waals surface area contributed by atoms with Gasteiger partial charge in [-0.3, -0.25) is 4.79 Å². The lowest BCUT2D eigenvalue weighted by Gasteiger charge is -2.13. The van der Waals surface area contributed by atoms with Crippen molar-refractivity contribution < 1.29 is 13.2 Å². The number of pyridine rings is 1. The van der Waals surface area contributed by atoms with Gasteiger partial charge in [-0.05, 0) is 49.1 Å². The number of halogens is 3. The number of hydrogen-bond acceptors (Lipinski definition) is 2. The zero-order valence-electron chi connectivity index (χ0n) is 14.4. The third kappa shape index (κ3) is 3.68. The van der Waals surface area contributed by atoms with Gasteiger partial charge in [0.15, 0.2) is 11.6 Å². The summed E-state index contributed by atoms with van der Waals surface area (Å²) in [5.74, 6) is -2.96. The van der Waals surface area contributed by atoms with Crippen molar-refractivity contribution >= 4 is 22.1 Å². The highest BCUT2D eigenvalue weighted by Crippen LogP contribution is 2.30. The average molecular weight is 348 g/mol. The van der Waals surface area contributed by atoms with E-state index in [0.717, 1.165) is 6.07 Å². The van der Waals surface area contributed by atoms with Crippen LogP contribution in [0.25, 0.3) is 10.8 Å². The Morgan fingerprint density at radius 2 is 1.64 bits per heavy atom. The van der Waals surface area contributed by atoms with Gasteiger partial charge < -0.3 is 10.3 Å². The summed E-state index contributed by atoms with van der Waals surface area (Å²) >= 11 is 0. The fourth-order valence-corrected chi connectivity index (χ4v) is 2.49. The molecule has 132 valence electrons. The molecule has 0 spiro atoms. The number of fused-ring (bicyclic) bond motifs is 1. The molecule has 0 radical (unpaired) electrons. The lowest BCUT2D eigenvalue weighted by molar-refractivity contribution is 0.513. The highest BCUT2D eigenvalue weighted by molar-refractivity contribution is 5.95. The van der Waals surface area contributed by atoms with E-state index in [-0.39, 0.29) is 22.1 Å². The number of nitrogens with one attached hydrogen (secondary N) is 2. The van der Waals surface area contributed by atoms with Crippen molar-refractivity contribution in [3.63, 3.8) is 0 Å². The third-order valence-corrected chi connectivity index (χ3v) is 3.54. The Labute approximate surface area is 143 Å². The summed E-state index contributed by atoms with van der Waals surface area (Å²) in [5.41, 5.74) is 0.200. The predicted molar refractivity (Wildman–Crippen MR) is 95.0 cm³/mol. The van der Waals surface area contributed by atoms with Crippen molar-refractivity contribution in [2.75, 3.05) is 5.32 Å². The van der Waals surface area contributed by atoms with Gasteiger partial charge in [0, 0.05) is 5.69 Å². The zero-order valence-corrected chi connectivity index (χ0v) is 14.4. The van der Waals surface area contributed by atoms with E-state index in [1.807, 2.05) is 13.8 Å². The van der Waals surface area contributed by atoms with Crippen molar-refractivity contribution in [1.29, 1.82) is 0 Å². The van der Waals surface area contributed by atoms with Gasteiger partial charge in [0.1, 0.15) is 5.82 Å². The first kappa shape index (κ1) is 18.6. The lowest BCUT2D eigenvalue weighted by atomic mass is 10.1. The minimum atomic E-state index is -1.23. The van der Waals surface area contributed by atoms with Crippen LogP contribution in [-0.4, -0.2) is 4.98 Å². The minimum Gasteiger partial charge on any atom is -0.350 e. The number of rotatable bonds is 2. The molecule has 1 aromatic heterocycles. The van der Waals surface area contributed by atoms with Crippen LogP contribution < -0.4 is 10.9 Å². The average Bonchev–Trinajstić information content (AvgIpc) is 2.55. The first-order valence-electron chi connectivity index (χ1n) is 7.91. The quantitative estimate of drug-likeness (QED) is 0.657. The van der Waals surface area contributed by atoms with E-state index in [1.165, 1.54) is 18.2 Å². The molecule has 1 heterocycles. The Kier molecular flexibility index (Phi) is 5.51. The molecule has 0 amide bonds. The van der Waals surface area contributed by atoms with Crippen LogP contribution in [0.5, 0.6) is 0 Å². The number of aromatic amines is 1. The van der Waals surface area contributed by atoms with Crippen LogP contribution in [0.15, 0.2) is 35.1 Å². The highest BCUT2D eigenvalue weighted by atomic mass is 19.2. The SMILES string of the molecule is CC.Cc1ccc(Nc2c(F)c(F)cc3cc(C)[nH]c(=O)c23)c(F)c1. The van der Waals surface area contributed by atoms with Crippen LogP contribution in [0.3, 0.4) is 0 Å². The molecule has 2 aromatic carbocycles.